The number of benzene rings is 2. The minimum atomic E-state index is -0.167. The van der Waals surface area contributed by atoms with Crippen LogP contribution in [-0.2, 0) is 6.54 Å². The van der Waals surface area contributed by atoms with Crippen LogP contribution in [-0.4, -0.2) is 44.1 Å². The van der Waals surface area contributed by atoms with Crippen LogP contribution < -0.4 is 5.32 Å². The Morgan fingerprint density at radius 1 is 1.12 bits per heavy atom. The van der Waals surface area contributed by atoms with Crippen molar-refractivity contribution in [2.45, 2.75) is 20.4 Å². The highest BCUT2D eigenvalue weighted by Crippen LogP contribution is 2.15. The minimum absolute atomic E-state index is 0.167. The second-order valence-electron chi connectivity index (χ2n) is 5.92. The van der Waals surface area contributed by atoms with Gasteiger partial charge in [-0.3, -0.25) is 9.69 Å². The molecule has 0 radical (unpaired) electrons. The maximum absolute atomic E-state index is 12.6. The molecular formula is C19H22N6O. The first-order valence-corrected chi connectivity index (χ1v) is 8.65. The number of aromatic nitrogens is 4. The molecule has 1 N–H and O–H groups in total. The van der Waals surface area contributed by atoms with Crippen molar-refractivity contribution in [1.29, 1.82) is 0 Å². The van der Waals surface area contributed by atoms with Crippen LogP contribution in [0.3, 0.4) is 0 Å². The van der Waals surface area contributed by atoms with Gasteiger partial charge in [0.05, 0.1) is 5.69 Å². The summed E-state index contributed by atoms with van der Waals surface area (Å²) in [5, 5.41) is 14.0. The van der Waals surface area contributed by atoms with Gasteiger partial charge in [-0.2, -0.15) is 0 Å². The number of hydrogen-bond donors (Lipinski definition) is 1. The van der Waals surface area contributed by atoms with Crippen LogP contribution in [0.5, 0.6) is 0 Å². The summed E-state index contributed by atoms with van der Waals surface area (Å²) in [7, 11) is 0. The number of anilines is 1. The van der Waals surface area contributed by atoms with Crippen molar-refractivity contribution in [2.75, 3.05) is 18.4 Å². The Kier molecular flexibility index (Phi) is 5.70. The van der Waals surface area contributed by atoms with E-state index in [0.29, 0.717) is 5.56 Å². The van der Waals surface area contributed by atoms with Gasteiger partial charge in [0, 0.05) is 17.8 Å². The first-order chi connectivity index (χ1) is 12.7. The predicted octanol–water partition coefficient (Wildman–Crippen LogP) is 2.76. The summed E-state index contributed by atoms with van der Waals surface area (Å²) in [5.74, 6) is -0.167. The number of nitrogens with zero attached hydrogens (tertiary/aromatic N) is 5. The van der Waals surface area contributed by atoms with Crippen molar-refractivity contribution in [2.24, 2.45) is 0 Å². The van der Waals surface area contributed by atoms with Crippen LogP contribution >= 0.6 is 0 Å². The number of nitrogens with one attached hydrogen (secondary N) is 1. The third-order valence-electron chi connectivity index (χ3n) is 4.21. The normalized spacial score (nSPS) is 10.9. The summed E-state index contributed by atoms with van der Waals surface area (Å²) in [6.45, 7) is 7.15. The molecule has 2 aromatic carbocycles. The molecule has 0 spiro atoms. The van der Waals surface area contributed by atoms with Gasteiger partial charge in [-0.05, 0) is 59.4 Å². The Morgan fingerprint density at radius 3 is 2.65 bits per heavy atom. The Hall–Kier alpha value is -3.06. The summed E-state index contributed by atoms with van der Waals surface area (Å²) in [5.41, 5.74) is 3.24. The molecule has 0 aliphatic heterocycles. The Balaban J connectivity index is 1.73. The van der Waals surface area contributed by atoms with E-state index >= 15 is 0 Å². The molecule has 0 aliphatic carbocycles. The average Bonchev–Trinajstić information content (AvgIpc) is 3.21. The third kappa shape index (κ3) is 4.31. The van der Waals surface area contributed by atoms with Crippen molar-refractivity contribution in [1.82, 2.24) is 25.1 Å². The van der Waals surface area contributed by atoms with Crippen molar-refractivity contribution in [3.05, 3.63) is 66.0 Å². The third-order valence-corrected chi connectivity index (χ3v) is 4.21. The highest BCUT2D eigenvalue weighted by molar-refractivity contribution is 6.04. The standard InChI is InChI=1S/C19H22N6O/c1-3-24(4-2)13-15-7-5-9-17(11-15)21-19(26)16-8-6-10-18(12-16)25-14-20-22-23-25/h5-12,14H,3-4,13H2,1-2H3,(H,21,26). The SMILES string of the molecule is CCN(CC)Cc1cccc(NC(=O)c2cccc(-n3cnnn3)c2)c1. The predicted molar refractivity (Wildman–Crippen MR) is 100 cm³/mol. The zero-order valence-electron chi connectivity index (χ0n) is 15.0. The number of rotatable bonds is 7. The summed E-state index contributed by atoms with van der Waals surface area (Å²) in [6.07, 6.45) is 1.49. The molecule has 7 nitrogen and oxygen atoms in total. The van der Waals surface area contributed by atoms with Gasteiger partial charge < -0.3 is 5.32 Å². The van der Waals surface area contributed by atoms with Gasteiger partial charge in [-0.1, -0.05) is 32.0 Å². The van der Waals surface area contributed by atoms with Gasteiger partial charge in [-0.15, -0.1) is 5.10 Å². The molecule has 0 unspecified atom stereocenters. The molecular weight excluding hydrogens is 328 g/mol. The Labute approximate surface area is 152 Å². The molecule has 3 aromatic rings. The van der Waals surface area contributed by atoms with E-state index in [9.17, 15) is 4.79 Å². The molecule has 134 valence electrons. The fraction of sp³-hybridized carbons (Fsp3) is 0.263. The molecule has 0 saturated heterocycles. The molecule has 0 aliphatic rings. The van der Waals surface area contributed by atoms with Crippen LogP contribution in [0.15, 0.2) is 54.9 Å². The molecule has 26 heavy (non-hydrogen) atoms. The van der Waals surface area contributed by atoms with Crippen LogP contribution in [0.1, 0.15) is 29.8 Å². The van der Waals surface area contributed by atoms with Crippen molar-refractivity contribution in [3.63, 3.8) is 0 Å². The zero-order valence-corrected chi connectivity index (χ0v) is 15.0. The second-order valence-corrected chi connectivity index (χ2v) is 5.92. The lowest BCUT2D eigenvalue weighted by molar-refractivity contribution is 0.102. The Bertz CT molecular complexity index is 858. The largest absolute Gasteiger partial charge is 0.322 e. The highest BCUT2D eigenvalue weighted by atomic mass is 16.1. The van der Waals surface area contributed by atoms with E-state index in [1.165, 1.54) is 16.6 Å². The maximum Gasteiger partial charge on any atom is 0.255 e. The first-order valence-electron chi connectivity index (χ1n) is 8.65. The van der Waals surface area contributed by atoms with Gasteiger partial charge >= 0.3 is 0 Å². The molecule has 1 aromatic heterocycles. The number of carbonyl (C=O) groups excluding carboxylic acids is 1. The smallest absolute Gasteiger partial charge is 0.255 e. The average molecular weight is 350 g/mol. The highest BCUT2D eigenvalue weighted by Gasteiger charge is 2.09. The lowest BCUT2D eigenvalue weighted by Crippen LogP contribution is -2.22. The van der Waals surface area contributed by atoms with Gasteiger partial charge in [0.1, 0.15) is 6.33 Å². The fourth-order valence-electron chi connectivity index (χ4n) is 2.73. The summed E-state index contributed by atoms with van der Waals surface area (Å²) in [4.78, 5) is 14.9. The fourth-order valence-corrected chi connectivity index (χ4v) is 2.73. The quantitative estimate of drug-likeness (QED) is 0.709. The topological polar surface area (TPSA) is 75.9 Å². The molecule has 7 heteroatoms. The molecule has 0 saturated carbocycles. The molecule has 1 heterocycles. The minimum Gasteiger partial charge on any atom is -0.322 e. The molecule has 0 bridgehead atoms. The van der Waals surface area contributed by atoms with Crippen LogP contribution in [0.2, 0.25) is 0 Å². The summed E-state index contributed by atoms with van der Waals surface area (Å²) in [6, 6.07) is 15.1. The second kappa shape index (κ2) is 8.35. The van der Waals surface area contributed by atoms with Crippen molar-refractivity contribution >= 4 is 11.6 Å². The number of tetrazole rings is 1. The van der Waals surface area contributed by atoms with E-state index in [2.05, 4.69) is 45.7 Å². The van der Waals surface area contributed by atoms with E-state index in [0.717, 1.165) is 31.0 Å². The lowest BCUT2D eigenvalue weighted by atomic mass is 10.1. The number of amides is 1. The van der Waals surface area contributed by atoms with Crippen LogP contribution in [0, 0.1) is 0 Å². The summed E-state index contributed by atoms with van der Waals surface area (Å²) >= 11 is 0. The van der Waals surface area contributed by atoms with E-state index in [1.54, 1.807) is 12.1 Å². The van der Waals surface area contributed by atoms with Crippen LogP contribution in [0.25, 0.3) is 5.69 Å². The van der Waals surface area contributed by atoms with E-state index in [4.69, 9.17) is 0 Å². The monoisotopic (exact) mass is 350 g/mol. The van der Waals surface area contributed by atoms with E-state index < -0.39 is 0 Å². The van der Waals surface area contributed by atoms with Crippen molar-refractivity contribution in [3.8, 4) is 5.69 Å². The zero-order chi connectivity index (χ0) is 18.4. The van der Waals surface area contributed by atoms with Crippen molar-refractivity contribution < 1.29 is 4.79 Å². The number of carbonyl (C=O) groups is 1. The van der Waals surface area contributed by atoms with E-state index in [-0.39, 0.29) is 5.91 Å². The summed E-state index contributed by atoms with van der Waals surface area (Å²) < 4.78 is 1.52. The van der Waals surface area contributed by atoms with Gasteiger partial charge in [0.2, 0.25) is 0 Å². The van der Waals surface area contributed by atoms with Crippen LogP contribution in [0.4, 0.5) is 5.69 Å². The Morgan fingerprint density at radius 2 is 1.92 bits per heavy atom. The van der Waals surface area contributed by atoms with E-state index in [1.807, 2.05) is 30.3 Å². The molecule has 0 atom stereocenters. The molecule has 3 rings (SSSR count). The van der Waals surface area contributed by atoms with Gasteiger partial charge in [-0.25, -0.2) is 4.68 Å². The lowest BCUT2D eigenvalue weighted by Gasteiger charge is -2.18. The number of hydrogen-bond acceptors (Lipinski definition) is 5. The van der Waals surface area contributed by atoms with Gasteiger partial charge in [0.15, 0.2) is 0 Å². The first kappa shape index (κ1) is 17.8. The van der Waals surface area contributed by atoms with Gasteiger partial charge in [0.25, 0.3) is 5.91 Å². The maximum atomic E-state index is 12.6. The molecule has 1 amide bonds. The molecule has 0 fully saturated rings.